The van der Waals surface area contributed by atoms with E-state index in [9.17, 15) is 5.11 Å². The first-order chi connectivity index (χ1) is 7.04. The van der Waals surface area contributed by atoms with Crippen LogP contribution in [0.1, 0.15) is 32.3 Å². The molecule has 3 N–H and O–H groups in total. The topological polar surface area (TPSA) is 46.2 Å². The second-order valence-corrected chi connectivity index (χ2v) is 4.51. The number of rotatable bonds is 4. The molecule has 2 nitrogen and oxygen atoms in total. The summed E-state index contributed by atoms with van der Waals surface area (Å²) in [7, 11) is 0. The van der Waals surface area contributed by atoms with Gasteiger partial charge in [-0.2, -0.15) is 0 Å². The van der Waals surface area contributed by atoms with Crippen molar-refractivity contribution in [3.8, 4) is 0 Å². The molecule has 1 rings (SSSR count). The van der Waals surface area contributed by atoms with E-state index in [-0.39, 0.29) is 12.0 Å². The number of benzene rings is 1. The van der Waals surface area contributed by atoms with Gasteiger partial charge < -0.3 is 10.8 Å². The van der Waals surface area contributed by atoms with Gasteiger partial charge in [-0.3, -0.25) is 0 Å². The molecule has 0 aromatic heterocycles. The highest BCUT2D eigenvalue weighted by molar-refractivity contribution is 5.20. The molecule has 0 amide bonds. The molecule has 0 radical (unpaired) electrons. The van der Waals surface area contributed by atoms with Crippen LogP contribution in [-0.2, 0) is 0 Å². The monoisotopic (exact) mass is 207 g/mol. The quantitative estimate of drug-likeness (QED) is 0.794. The molecule has 0 saturated carbocycles. The highest BCUT2D eigenvalue weighted by Gasteiger charge is 2.24. The zero-order valence-electron chi connectivity index (χ0n) is 9.72. The Morgan fingerprint density at radius 2 is 1.60 bits per heavy atom. The molecule has 3 atom stereocenters. The fourth-order valence-corrected chi connectivity index (χ4v) is 1.68. The predicted molar refractivity (Wildman–Crippen MR) is 63.7 cm³/mol. The Balaban J connectivity index is 2.73. The van der Waals surface area contributed by atoms with Crippen LogP contribution in [0.2, 0.25) is 0 Å². The minimum absolute atomic E-state index is 0.0867. The molecule has 1 aromatic rings. The maximum atomic E-state index is 10.1. The van der Waals surface area contributed by atoms with Crippen molar-refractivity contribution in [1.29, 1.82) is 0 Å². The van der Waals surface area contributed by atoms with Gasteiger partial charge in [-0.25, -0.2) is 0 Å². The molecule has 0 fully saturated rings. The van der Waals surface area contributed by atoms with Crippen molar-refractivity contribution in [2.24, 2.45) is 11.7 Å². The van der Waals surface area contributed by atoms with E-state index in [2.05, 4.69) is 0 Å². The highest BCUT2D eigenvalue weighted by atomic mass is 16.3. The third-order valence-electron chi connectivity index (χ3n) is 3.00. The molecule has 0 aliphatic carbocycles. The molecule has 0 saturated heterocycles. The molecule has 1 aromatic carbocycles. The van der Waals surface area contributed by atoms with Crippen LogP contribution in [0.5, 0.6) is 0 Å². The summed E-state index contributed by atoms with van der Waals surface area (Å²) in [6.07, 6.45) is -0.479. The first kappa shape index (κ1) is 12.2. The van der Waals surface area contributed by atoms with Gasteiger partial charge in [0.15, 0.2) is 0 Å². The van der Waals surface area contributed by atoms with E-state index in [4.69, 9.17) is 5.73 Å². The maximum absolute atomic E-state index is 10.1. The Kier molecular flexibility index (Phi) is 4.30. The standard InChI is InChI=1S/C13H21NO/c1-9(2)12(14)13(15)10(3)11-7-5-4-6-8-11/h4-10,12-13,15H,14H2,1-3H3. The molecule has 0 aliphatic heterocycles. The van der Waals surface area contributed by atoms with Crippen molar-refractivity contribution in [2.75, 3.05) is 0 Å². The zero-order valence-corrected chi connectivity index (χ0v) is 9.72. The average Bonchev–Trinajstić information content (AvgIpc) is 2.27. The van der Waals surface area contributed by atoms with Gasteiger partial charge in [0.05, 0.1) is 6.10 Å². The second-order valence-electron chi connectivity index (χ2n) is 4.51. The summed E-state index contributed by atoms with van der Waals surface area (Å²) in [6.45, 7) is 6.08. The number of hydrogen-bond acceptors (Lipinski definition) is 2. The third kappa shape index (κ3) is 3.05. The molecule has 2 heteroatoms. The van der Waals surface area contributed by atoms with Crippen LogP contribution in [0.25, 0.3) is 0 Å². The van der Waals surface area contributed by atoms with Crippen molar-refractivity contribution < 1.29 is 5.11 Å². The molecule has 15 heavy (non-hydrogen) atoms. The summed E-state index contributed by atoms with van der Waals surface area (Å²) < 4.78 is 0. The van der Waals surface area contributed by atoms with Gasteiger partial charge in [-0.15, -0.1) is 0 Å². The van der Waals surface area contributed by atoms with Gasteiger partial charge >= 0.3 is 0 Å². The number of aliphatic hydroxyl groups excluding tert-OH is 1. The smallest absolute Gasteiger partial charge is 0.0759 e. The van der Waals surface area contributed by atoms with Gasteiger partial charge in [-0.1, -0.05) is 51.1 Å². The van der Waals surface area contributed by atoms with Crippen LogP contribution in [0, 0.1) is 5.92 Å². The number of nitrogens with two attached hydrogens (primary N) is 1. The third-order valence-corrected chi connectivity index (χ3v) is 3.00. The van der Waals surface area contributed by atoms with E-state index in [1.54, 1.807) is 0 Å². The lowest BCUT2D eigenvalue weighted by molar-refractivity contribution is 0.102. The van der Waals surface area contributed by atoms with Crippen LogP contribution in [-0.4, -0.2) is 17.3 Å². The Labute approximate surface area is 92.1 Å². The van der Waals surface area contributed by atoms with E-state index in [0.29, 0.717) is 5.92 Å². The lowest BCUT2D eigenvalue weighted by Crippen LogP contribution is -2.42. The second kappa shape index (κ2) is 5.29. The first-order valence-electron chi connectivity index (χ1n) is 5.52. The largest absolute Gasteiger partial charge is 0.391 e. The summed E-state index contributed by atoms with van der Waals surface area (Å²) in [5.41, 5.74) is 7.09. The number of aliphatic hydroxyl groups is 1. The van der Waals surface area contributed by atoms with Crippen molar-refractivity contribution in [3.63, 3.8) is 0 Å². The summed E-state index contributed by atoms with van der Waals surface area (Å²) in [4.78, 5) is 0. The SMILES string of the molecule is CC(C)C(N)C(O)C(C)c1ccccc1. The Morgan fingerprint density at radius 1 is 1.07 bits per heavy atom. The van der Waals surface area contributed by atoms with Gasteiger partial charge in [-0.05, 0) is 11.5 Å². The summed E-state index contributed by atoms with van der Waals surface area (Å²) in [5, 5.41) is 10.1. The van der Waals surface area contributed by atoms with E-state index in [1.165, 1.54) is 0 Å². The Hall–Kier alpha value is -0.860. The Bertz CT molecular complexity index is 284. The molecule has 84 valence electrons. The molecule has 0 heterocycles. The maximum Gasteiger partial charge on any atom is 0.0759 e. The summed E-state index contributed by atoms with van der Waals surface area (Å²) in [6, 6.07) is 9.84. The molecule has 0 aliphatic rings. The van der Waals surface area contributed by atoms with Crippen LogP contribution in [0.3, 0.4) is 0 Å². The van der Waals surface area contributed by atoms with Gasteiger partial charge in [0.25, 0.3) is 0 Å². The van der Waals surface area contributed by atoms with Crippen molar-refractivity contribution in [2.45, 2.75) is 38.8 Å². The summed E-state index contributed by atoms with van der Waals surface area (Å²) >= 11 is 0. The Morgan fingerprint density at radius 3 is 2.07 bits per heavy atom. The van der Waals surface area contributed by atoms with Crippen molar-refractivity contribution >= 4 is 0 Å². The van der Waals surface area contributed by atoms with Gasteiger partial charge in [0.1, 0.15) is 0 Å². The fraction of sp³-hybridized carbons (Fsp3) is 0.538. The van der Waals surface area contributed by atoms with Crippen LogP contribution < -0.4 is 5.73 Å². The van der Waals surface area contributed by atoms with E-state index < -0.39 is 6.10 Å². The van der Waals surface area contributed by atoms with Crippen LogP contribution >= 0.6 is 0 Å². The van der Waals surface area contributed by atoms with Gasteiger partial charge in [0, 0.05) is 12.0 Å². The fourth-order valence-electron chi connectivity index (χ4n) is 1.68. The summed E-state index contributed by atoms with van der Waals surface area (Å²) in [5.74, 6) is 0.384. The van der Waals surface area contributed by atoms with Crippen LogP contribution in [0.4, 0.5) is 0 Å². The lowest BCUT2D eigenvalue weighted by Gasteiger charge is -2.27. The minimum atomic E-state index is -0.479. The van der Waals surface area contributed by atoms with E-state index in [0.717, 1.165) is 5.56 Å². The predicted octanol–water partition coefficient (Wildman–Crippen LogP) is 2.13. The van der Waals surface area contributed by atoms with Gasteiger partial charge in [0.2, 0.25) is 0 Å². The van der Waals surface area contributed by atoms with E-state index >= 15 is 0 Å². The molecule has 0 spiro atoms. The molecule has 0 bridgehead atoms. The molecular formula is C13H21NO. The first-order valence-corrected chi connectivity index (χ1v) is 5.52. The van der Waals surface area contributed by atoms with E-state index in [1.807, 2.05) is 51.1 Å². The minimum Gasteiger partial charge on any atom is -0.391 e. The van der Waals surface area contributed by atoms with Crippen molar-refractivity contribution in [1.82, 2.24) is 0 Å². The zero-order chi connectivity index (χ0) is 11.4. The van der Waals surface area contributed by atoms with Crippen molar-refractivity contribution in [3.05, 3.63) is 35.9 Å². The average molecular weight is 207 g/mol. The van der Waals surface area contributed by atoms with Crippen LogP contribution in [0.15, 0.2) is 30.3 Å². The molecular weight excluding hydrogens is 186 g/mol. The normalized spacial score (nSPS) is 17.5. The lowest BCUT2D eigenvalue weighted by atomic mass is 9.87. The number of hydrogen-bond donors (Lipinski definition) is 2. The highest BCUT2D eigenvalue weighted by Crippen LogP contribution is 2.22. The molecule has 3 unspecified atom stereocenters.